The fraction of sp³-hybridized carbons (Fsp3) is 0. The minimum absolute atomic E-state index is 0.616. The zero-order valence-electron chi connectivity index (χ0n) is 56.0. The molecule has 0 aliphatic carbocycles. The molecule has 0 atom stereocenters. The molecule has 496 valence electrons. The Hall–Kier alpha value is -13.1. The van der Waals surface area contributed by atoms with E-state index < -0.39 is 0 Å². The average Bonchev–Trinajstić information content (AvgIpc) is 1.53. The zero-order chi connectivity index (χ0) is 69.8. The van der Waals surface area contributed by atoms with Gasteiger partial charge < -0.3 is 8.83 Å². The minimum atomic E-state index is 0.616. The summed E-state index contributed by atoms with van der Waals surface area (Å²) in [6.45, 7) is 0. The van der Waals surface area contributed by atoms with Crippen LogP contribution >= 0.6 is 45.3 Å². The lowest BCUT2D eigenvalue weighted by atomic mass is 10.0. The van der Waals surface area contributed by atoms with Gasteiger partial charge in [0.2, 0.25) is 11.8 Å². The molecule has 0 radical (unpaired) electrons. The first-order valence-corrected chi connectivity index (χ1v) is 38.0. The van der Waals surface area contributed by atoms with Crippen molar-refractivity contribution in [1.29, 1.82) is 0 Å². The number of rotatable bonds is 10. The molecule has 22 rings (SSSR count). The van der Waals surface area contributed by atoms with Gasteiger partial charge in [0.1, 0.15) is 11.0 Å². The summed E-state index contributed by atoms with van der Waals surface area (Å²) in [4.78, 5) is 40.5. The fourth-order valence-electron chi connectivity index (χ4n) is 14.6. The molecule has 14 heteroatoms. The molecule has 0 saturated carbocycles. The number of hydrogen-bond acceptors (Lipinski definition) is 14. The fourth-order valence-corrected chi connectivity index (χ4v) is 19.6. The van der Waals surface area contributed by atoms with Gasteiger partial charge in [-0.2, -0.15) is 0 Å². The number of nitrogens with zero attached hydrogens (tertiary/aromatic N) is 8. The monoisotopic (exact) mass is 1430 g/mol. The van der Waals surface area contributed by atoms with E-state index in [1.807, 2.05) is 120 Å². The van der Waals surface area contributed by atoms with Crippen LogP contribution in [0, 0.1) is 0 Å². The molecule has 0 N–H and O–H groups in total. The molecule has 0 amide bonds. The Morgan fingerprint density at radius 2 is 0.519 bits per heavy atom. The van der Waals surface area contributed by atoms with E-state index >= 15 is 0 Å². The first kappa shape index (κ1) is 61.6. The molecule has 0 unspecified atom stereocenters. The van der Waals surface area contributed by atoms with E-state index in [0.29, 0.717) is 46.7 Å². The molecule has 8 heterocycles. The van der Waals surface area contributed by atoms with Crippen molar-refractivity contribution in [2.45, 2.75) is 0 Å². The van der Waals surface area contributed by atoms with Gasteiger partial charge in [0.05, 0.1) is 11.1 Å². The first-order chi connectivity index (χ1) is 52.5. The lowest BCUT2D eigenvalue weighted by Crippen LogP contribution is -2.00. The summed E-state index contributed by atoms with van der Waals surface area (Å²) in [5.41, 5.74) is 15.5. The number of oxazole rings is 2. The highest BCUT2D eigenvalue weighted by Crippen LogP contribution is 2.48. The third-order valence-electron chi connectivity index (χ3n) is 19.6. The number of thiophene rings is 4. The van der Waals surface area contributed by atoms with Gasteiger partial charge >= 0.3 is 0 Å². The molecular weight excluding hydrogens is 1380 g/mol. The van der Waals surface area contributed by atoms with E-state index in [4.69, 9.17) is 48.7 Å². The highest BCUT2D eigenvalue weighted by atomic mass is 32.1. The molecule has 8 aromatic heterocycles. The van der Waals surface area contributed by atoms with Crippen molar-refractivity contribution < 1.29 is 8.83 Å². The van der Waals surface area contributed by atoms with Gasteiger partial charge in [0, 0.05) is 114 Å². The molecule has 10 nitrogen and oxygen atoms in total. The van der Waals surface area contributed by atoms with Crippen molar-refractivity contribution in [2.24, 2.45) is 0 Å². The summed E-state index contributed by atoms with van der Waals surface area (Å²) in [5.74, 6) is 5.01. The van der Waals surface area contributed by atoms with E-state index in [2.05, 4.69) is 218 Å². The quantitative estimate of drug-likeness (QED) is 0.130. The lowest BCUT2D eigenvalue weighted by molar-refractivity contribution is 0.620. The lowest BCUT2D eigenvalue weighted by Gasteiger charge is -2.11. The van der Waals surface area contributed by atoms with Crippen molar-refractivity contribution in [1.82, 2.24) is 39.9 Å². The van der Waals surface area contributed by atoms with Gasteiger partial charge in [0.25, 0.3) is 0 Å². The molecule has 22 aromatic rings. The van der Waals surface area contributed by atoms with Gasteiger partial charge in [-0.15, -0.1) is 45.3 Å². The summed E-state index contributed by atoms with van der Waals surface area (Å²) in [6, 6.07) is 109. The third kappa shape index (κ3) is 10.6. The van der Waals surface area contributed by atoms with E-state index in [1.165, 1.54) is 51.5 Å². The maximum Gasteiger partial charge on any atom is 0.228 e. The highest BCUT2D eigenvalue weighted by molar-refractivity contribution is 7.27. The van der Waals surface area contributed by atoms with Crippen LogP contribution in [0.3, 0.4) is 0 Å². The van der Waals surface area contributed by atoms with Crippen LogP contribution in [0.25, 0.3) is 216 Å². The topological polar surface area (TPSA) is 129 Å². The summed E-state index contributed by atoms with van der Waals surface area (Å²) in [5, 5.41) is 9.59. The normalized spacial score (nSPS) is 11.8. The number of hydrogen-bond donors (Lipinski definition) is 0. The van der Waals surface area contributed by atoms with Crippen LogP contribution in [0.4, 0.5) is 0 Å². The van der Waals surface area contributed by atoms with Crippen LogP contribution in [-0.2, 0) is 0 Å². The van der Waals surface area contributed by atoms with Crippen LogP contribution in [0.15, 0.2) is 324 Å². The SMILES string of the molecule is c1ccc(-c2nc(-c3ccc(-c4cccc5c4sc4ccccc45)cc3)nc(-c3cccc4sc5c(-c6nc7ccccc7o6)cccc5c34)n2)cc1.c1ccc(-c2nc(-c3cccc(-c4cccc5c4sc4ccccc45)c3)nc(-c3cccc4sc5c(-c6nc7ccccc7o6)cccc5c34)n2)cc1. The van der Waals surface area contributed by atoms with Gasteiger partial charge in [-0.1, -0.05) is 249 Å². The smallest absolute Gasteiger partial charge is 0.228 e. The number of aromatic nitrogens is 8. The average molecular weight is 1430 g/mol. The summed E-state index contributed by atoms with van der Waals surface area (Å²) in [6.07, 6.45) is 0. The van der Waals surface area contributed by atoms with Crippen LogP contribution in [0.5, 0.6) is 0 Å². The molecule has 0 aliphatic heterocycles. The second kappa shape index (κ2) is 25.4. The molecule has 106 heavy (non-hydrogen) atoms. The van der Waals surface area contributed by atoms with E-state index in [1.54, 1.807) is 22.7 Å². The summed E-state index contributed by atoms with van der Waals surface area (Å²) < 4.78 is 22.2. The Morgan fingerprint density at radius 3 is 1.02 bits per heavy atom. The van der Waals surface area contributed by atoms with Crippen molar-refractivity contribution in [2.75, 3.05) is 0 Å². The van der Waals surface area contributed by atoms with Crippen LogP contribution < -0.4 is 0 Å². The highest BCUT2D eigenvalue weighted by Gasteiger charge is 2.24. The standard InChI is InChI=1S/2C46H26N4OS2/c1-2-12-27(13-3-1)43-48-44(29-15-8-14-28(26-29)30-17-9-18-32-31-16-4-7-24-38(31)52-41(30)32)50-45(49-43)34-20-11-25-39-40(34)33-19-10-21-35(42(33)53-39)46-47-36-22-5-6-23-37(36)51-46;1-2-11-28(12-3-1)43-48-44(29-25-23-27(24-26-29)30-14-8-15-32-31-13-4-7-21-38(31)52-41(30)32)50-45(49-43)34-17-10-22-39-40(34)33-16-9-18-35(42(33)53-39)46-47-36-19-5-6-20-37(36)51-46/h2*1-26H. The maximum absolute atomic E-state index is 6.25. The number of benzene rings is 14. The Morgan fingerprint density at radius 1 is 0.198 bits per heavy atom. The number of para-hydroxylation sites is 4. The Kier molecular flexibility index (Phi) is 14.8. The Balaban J connectivity index is 0.000000136. The summed E-state index contributed by atoms with van der Waals surface area (Å²) in [7, 11) is 0. The Labute approximate surface area is 621 Å². The third-order valence-corrected chi connectivity index (χ3v) is 24.5. The van der Waals surface area contributed by atoms with Crippen LogP contribution in [-0.4, -0.2) is 39.9 Å². The van der Waals surface area contributed by atoms with Crippen molar-refractivity contribution in [3.05, 3.63) is 315 Å². The maximum atomic E-state index is 6.25. The molecule has 0 aliphatic rings. The van der Waals surface area contributed by atoms with Crippen molar-refractivity contribution >= 4 is 148 Å². The van der Waals surface area contributed by atoms with Crippen molar-refractivity contribution in [3.63, 3.8) is 0 Å². The second-order valence-electron chi connectivity index (χ2n) is 26.0. The molecule has 0 fully saturated rings. The summed E-state index contributed by atoms with van der Waals surface area (Å²) >= 11 is 7.15. The van der Waals surface area contributed by atoms with Gasteiger partial charge in [0.15, 0.2) is 46.1 Å². The predicted octanol–water partition coefficient (Wildman–Crippen LogP) is 26.2. The van der Waals surface area contributed by atoms with Gasteiger partial charge in [-0.3, -0.25) is 0 Å². The van der Waals surface area contributed by atoms with E-state index in [9.17, 15) is 0 Å². The number of fused-ring (bicyclic) bond motifs is 14. The van der Waals surface area contributed by atoms with E-state index in [-0.39, 0.29) is 0 Å². The predicted molar refractivity (Wildman–Crippen MR) is 441 cm³/mol. The molecule has 14 aromatic carbocycles. The van der Waals surface area contributed by atoms with Crippen LogP contribution in [0.2, 0.25) is 0 Å². The largest absolute Gasteiger partial charge is 0.436 e. The Bertz CT molecular complexity index is 7170. The van der Waals surface area contributed by atoms with E-state index in [0.717, 1.165) is 118 Å². The zero-order valence-corrected chi connectivity index (χ0v) is 59.3. The molecule has 0 spiro atoms. The first-order valence-electron chi connectivity index (χ1n) is 34.8. The van der Waals surface area contributed by atoms with Gasteiger partial charge in [-0.25, -0.2) is 39.9 Å². The van der Waals surface area contributed by atoms with Crippen molar-refractivity contribution in [3.8, 4) is 113 Å². The second-order valence-corrected chi connectivity index (χ2v) is 30.2. The molecular formula is C92H52N8O2S4. The molecule has 0 bridgehead atoms. The molecule has 0 saturated heterocycles. The van der Waals surface area contributed by atoms with Gasteiger partial charge in [-0.05, 0) is 89.0 Å². The van der Waals surface area contributed by atoms with Crippen LogP contribution in [0.1, 0.15) is 0 Å². The minimum Gasteiger partial charge on any atom is -0.436 e.